The minimum Gasteiger partial charge on any atom is -0.496 e. The average molecular weight is 374 g/mol. The Morgan fingerprint density at radius 1 is 0.893 bits per heavy atom. The molecular formula is C24H26N2O2. The van der Waals surface area contributed by atoms with Crippen LogP contribution in [0.2, 0.25) is 0 Å². The van der Waals surface area contributed by atoms with E-state index in [0.717, 1.165) is 22.6 Å². The first kappa shape index (κ1) is 19.6. The molecule has 0 radical (unpaired) electrons. The van der Waals surface area contributed by atoms with Gasteiger partial charge in [0.15, 0.2) is 0 Å². The number of carbonyl (C=O) groups excluding carboxylic acids is 1. The lowest BCUT2D eigenvalue weighted by Crippen LogP contribution is -2.32. The van der Waals surface area contributed by atoms with E-state index in [0.29, 0.717) is 26.1 Å². The van der Waals surface area contributed by atoms with Gasteiger partial charge in [0.05, 0.1) is 13.7 Å². The monoisotopic (exact) mass is 374 g/mol. The molecule has 4 nitrogen and oxygen atoms in total. The summed E-state index contributed by atoms with van der Waals surface area (Å²) < 4.78 is 5.37. The van der Waals surface area contributed by atoms with Gasteiger partial charge in [0.1, 0.15) is 5.75 Å². The predicted molar refractivity (Wildman–Crippen MR) is 113 cm³/mol. The van der Waals surface area contributed by atoms with Crippen LogP contribution in [0.25, 0.3) is 0 Å². The van der Waals surface area contributed by atoms with Crippen molar-refractivity contribution in [1.82, 2.24) is 5.32 Å². The molecule has 0 aliphatic heterocycles. The van der Waals surface area contributed by atoms with Gasteiger partial charge in [-0.05, 0) is 23.8 Å². The summed E-state index contributed by atoms with van der Waals surface area (Å²) in [5.41, 5.74) is 3.12. The second-order valence-corrected chi connectivity index (χ2v) is 6.54. The first-order valence-corrected chi connectivity index (χ1v) is 9.50. The van der Waals surface area contributed by atoms with Gasteiger partial charge in [-0.1, -0.05) is 66.7 Å². The summed E-state index contributed by atoms with van der Waals surface area (Å²) >= 11 is 0. The van der Waals surface area contributed by atoms with E-state index in [1.807, 2.05) is 89.8 Å². The number of benzene rings is 3. The Morgan fingerprint density at radius 2 is 1.54 bits per heavy atom. The predicted octanol–water partition coefficient (Wildman–Crippen LogP) is 4.41. The van der Waals surface area contributed by atoms with Gasteiger partial charge in [0.2, 0.25) is 5.91 Å². The van der Waals surface area contributed by atoms with Crippen LogP contribution in [0.3, 0.4) is 0 Å². The van der Waals surface area contributed by atoms with Crippen LogP contribution < -0.4 is 15.0 Å². The molecule has 0 spiro atoms. The topological polar surface area (TPSA) is 41.6 Å². The van der Waals surface area contributed by atoms with E-state index < -0.39 is 0 Å². The zero-order chi connectivity index (χ0) is 19.6. The van der Waals surface area contributed by atoms with Gasteiger partial charge in [-0.25, -0.2) is 0 Å². The summed E-state index contributed by atoms with van der Waals surface area (Å²) in [4.78, 5) is 14.8. The Balaban J connectivity index is 1.60. The van der Waals surface area contributed by atoms with Crippen LogP contribution in [0.5, 0.6) is 5.75 Å². The molecule has 0 unspecified atom stereocenters. The van der Waals surface area contributed by atoms with Gasteiger partial charge in [0, 0.05) is 30.8 Å². The summed E-state index contributed by atoms with van der Waals surface area (Å²) in [6.07, 6.45) is 0.427. The fraction of sp³-hybridized carbons (Fsp3) is 0.208. The molecule has 0 atom stereocenters. The van der Waals surface area contributed by atoms with E-state index in [4.69, 9.17) is 4.74 Å². The second kappa shape index (κ2) is 10.3. The highest BCUT2D eigenvalue weighted by Crippen LogP contribution is 2.19. The van der Waals surface area contributed by atoms with Crippen molar-refractivity contribution in [3.05, 3.63) is 96.1 Å². The highest BCUT2D eigenvalue weighted by molar-refractivity contribution is 5.93. The Morgan fingerprint density at radius 3 is 2.25 bits per heavy atom. The molecule has 0 saturated heterocycles. The number of nitrogens with one attached hydrogen (secondary N) is 1. The third-order valence-electron chi connectivity index (χ3n) is 4.58. The minimum atomic E-state index is 0.0996. The summed E-state index contributed by atoms with van der Waals surface area (Å²) in [5, 5.41) is 3.35. The number of rotatable bonds is 9. The number of anilines is 1. The quantitative estimate of drug-likeness (QED) is 0.564. The number of hydrogen-bond donors (Lipinski definition) is 1. The number of hydrogen-bond acceptors (Lipinski definition) is 3. The molecule has 3 rings (SSSR count). The van der Waals surface area contributed by atoms with Gasteiger partial charge >= 0.3 is 0 Å². The maximum Gasteiger partial charge on any atom is 0.228 e. The molecule has 0 aromatic heterocycles. The lowest BCUT2D eigenvalue weighted by atomic mass is 10.1. The second-order valence-electron chi connectivity index (χ2n) is 6.54. The molecule has 3 aromatic rings. The van der Waals surface area contributed by atoms with Crippen molar-refractivity contribution in [2.75, 3.05) is 18.6 Å². The Labute approximate surface area is 166 Å². The van der Waals surface area contributed by atoms with Crippen LogP contribution in [-0.4, -0.2) is 19.6 Å². The van der Waals surface area contributed by atoms with E-state index in [9.17, 15) is 4.79 Å². The van der Waals surface area contributed by atoms with Crippen molar-refractivity contribution in [3.8, 4) is 5.75 Å². The van der Waals surface area contributed by atoms with Crippen molar-refractivity contribution < 1.29 is 9.53 Å². The normalized spacial score (nSPS) is 10.5. The Kier molecular flexibility index (Phi) is 7.21. The molecule has 0 aliphatic carbocycles. The average Bonchev–Trinajstić information content (AvgIpc) is 2.76. The number of carbonyl (C=O) groups is 1. The maximum absolute atomic E-state index is 12.9. The molecule has 28 heavy (non-hydrogen) atoms. The number of amides is 1. The molecule has 144 valence electrons. The van der Waals surface area contributed by atoms with Crippen LogP contribution >= 0.6 is 0 Å². The van der Waals surface area contributed by atoms with Crippen LogP contribution in [-0.2, 0) is 17.9 Å². The lowest BCUT2D eigenvalue weighted by Gasteiger charge is -2.23. The number of para-hydroxylation sites is 2. The van der Waals surface area contributed by atoms with Crippen LogP contribution in [0.15, 0.2) is 84.9 Å². The smallest absolute Gasteiger partial charge is 0.228 e. The van der Waals surface area contributed by atoms with Gasteiger partial charge in [-0.3, -0.25) is 4.79 Å². The van der Waals surface area contributed by atoms with Gasteiger partial charge < -0.3 is 15.0 Å². The van der Waals surface area contributed by atoms with E-state index in [-0.39, 0.29) is 5.91 Å². The largest absolute Gasteiger partial charge is 0.496 e. The van der Waals surface area contributed by atoms with Crippen LogP contribution in [0.4, 0.5) is 5.69 Å². The van der Waals surface area contributed by atoms with E-state index in [1.165, 1.54) is 0 Å². The number of nitrogens with zero attached hydrogens (tertiary/aromatic N) is 1. The van der Waals surface area contributed by atoms with E-state index in [2.05, 4.69) is 5.32 Å². The fourth-order valence-electron chi connectivity index (χ4n) is 3.10. The zero-order valence-electron chi connectivity index (χ0n) is 16.2. The summed E-state index contributed by atoms with van der Waals surface area (Å²) in [7, 11) is 1.67. The van der Waals surface area contributed by atoms with Crippen LogP contribution in [0, 0.1) is 0 Å². The van der Waals surface area contributed by atoms with Crippen molar-refractivity contribution in [3.63, 3.8) is 0 Å². The standard InChI is InChI=1S/C24H26N2O2/c1-28-23-15-9-8-12-21(23)18-25-17-16-24(27)26(22-13-6-3-7-14-22)19-20-10-4-2-5-11-20/h2-15,25H,16-19H2,1H3. The van der Waals surface area contributed by atoms with E-state index in [1.54, 1.807) is 7.11 Å². The molecule has 0 heterocycles. The molecule has 0 fully saturated rings. The van der Waals surface area contributed by atoms with E-state index >= 15 is 0 Å². The molecule has 4 heteroatoms. The molecular weight excluding hydrogens is 348 g/mol. The summed E-state index contributed by atoms with van der Waals surface area (Å²) in [6.45, 7) is 1.84. The number of ether oxygens (including phenoxy) is 1. The first-order chi connectivity index (χ1) is 13.8. The Hall–Kier alpha value is -3.11. The van der Waals surface area contributed by atoms with Crippen molar-refractivity contribution >= 4 is 11.6 Å². The summed E-state index contributed by atoms with van der Waals surface area (Å²) in [6, 6.07) is 27.8. The third-order valence-corrected chi connectivity index (χ3v) is 4.58. The Bertz CT molecular complexity index is 866. The first-order valence-electron chi connectivity index (χ1n) is 9.50. The van der Waals surface area contributed by atoms with Crippen molar-refractivity contribution in [2.45, 2.75) is 19.5 Å². The molecule has 0 aliphatic rings. The lowest BCUT2D eigenvalue weighted by molar-refractivity contribution is -0.118. The van der Waals surface area contributed by atoms with Crippen molar-refractivity contribution in [1.29, 1.82) is 0 Å². The number of methoxy groups -OCH3 is 1. The SMILES string of the molecule is COc1ccccc1CNCCC(=O)N(Cc1ccccc1)c1ccccc1. The highest BCUT2D eigenvalue weighted by atomic mass is 16.5. The maximum atomic E-state index is 12.9. The molecule has 0 bridgehead atoms. The third kappa shape index (κ3) is 5.44. The highest BCUT2D eigenvalue weighted by Gasteiger charge is 2.15. The molecule has 0 saturated carbocycles. The molecule has 1 N–H and O–H groups in total. The summed E-state index contributed by atoms with van der Waals surface area (Å²) in [5.74, 6) is 0.957. The zero-order valence-corrected chi connectivity index (χ0v) is 16.2. The minimum absolute atomic E-state index is 0.0996. The fourth-order valence-corrected chi connectivity index (χ4v) is 3.10. The van der Waals surface area contributed by atoms with Crippen molar-refractivity contribution in [2.24, 2.45) is 0 Å². The van der Waals surface area contributed by atoms with Gasteiger partial charge in [-0.2, -0.15) is 0 Å². The van der Waals surface area contributed by atoms with Gasteiger partial charge in [-0.15, -0.1) is 0 Å². The van der Waals surface area contributed by atoms with Crippen LogP contribution in [0.1, 0.15) is 17.5 Å². The molecule has 1 amide bonds. The molecule has 3 aromatic carbocycles. The van der Waals surface area contributed by atoms with Gasteiger partial charge in [0.25, 0.3) is 0 Å².